The molecule has 1 aliphatic carbocycles. The van der Waals surface area contributed by atoms with E-state index in [1.807, 2.05) is 19.1 Å². The number of rotatable bonds is 8. The minimum Gasteiger partial charge on any atom is -0.351 e. The lowest BCUT2D eigenvalue weighted by molar-refractivity contribution is -0.149. The molecule has 0 radical (unpaired) electrons. The van der Waals surface area contributed by atoms with Crippen LogP contribution in [-0.4, -0.2) is 52.6 Å². The summed E-state index contributed by atoms with van der Waals surface area (Å²) in [6.45, 7) is 2.27. The van der Waals surface area contributed by atoms with E-state index >= 15 is 0 Å². The van der Waals surface area contributed by atoms with E-state index < -0.39 is 29.9 Å². The van der Waals surface area contributed by atoms with Crippen LogP contribution in [0.15, 0.2) is 24.3 Å². The van der Waals surface area contributed by atoms with Crippen LogP contribution >= 0.6 is 0 Å². The van der Waals surface area contributed by atoms with E-state index in [-0.39, 0.29) is 18.4 Å². The lowest BCUT2D eigenvalue weighted by Crippen LogP contribution is -2.52. The maximum Gasteiger partial charge on any atom is 0.278 e. The van der Waals surface area contributed by atoms with E-state index in [1.165, 1.54) is 21.5 Å². The molecule has 7 nitrogen and oxygen atoms in total. The SMILES string of the molecule is CCCCC(C(=O)N1CCCC1C(=O)NC1Cc2ccccc2C1)C(F)C(=O)NO. The molecule has 3 unspecified atom stereocenters. The summed E-state index contributed by atoms with van der Waals surface area (Å²) < 4.78 is 14.6. The summed E-state index contributed by atoms with van der Waals surface area (Å²) >= 11 is 0. The van der Waals surface area contributed by atoms with E-state index in [0.717, 1.165) is 19.3 Å². The second kappa shape index (κ2) is 10.0. The van der Waals surface area contributed by atoms with Crippen molar-refractivity contribution in [3.05, 3.63) is 35.4 Å². The zero-order valence-electron chi connectivity index (χ0n) is 17.3. The third kappa shape index (κ3) is 4.80. The van der Waals surface area contributed by atoms with Crippen LogP contribution in [0.5, 0.6) is 0 Å². The zero-order valence-corrected chi connectivity index (χ0v) is 17.3. The van der Waals surface area contributed by atoms with E-state index in [0.29, 0.717) is 25.8 Å². The Morgan fingerprint density at radius 1 is 1.23 bits per heavy atom. The molecule has 1 aliphatic heterocycles. The Kier molecular flexibility index (Phi) is 7.42. The molecular formula is C22H30FN3O4. The topological polar surface area (TPSA) is 98.7 Å². The van der Waals surface area contributed by atoms with Crippen LogP contribution in [0.3, 0.4) is 0 Å². The Morgan fingerprint density at radius 3 is 2.50 bits per heavy atom. The number of nitrogens with zero attached hydrogens (tertiary/aromatic N) is 1. The number of carbonyl (C=O) groups is 3. The van der Waals surface area contributed by atoms with E-state index in [2.05, 4.69) is 17.4 Å². The van der Waals surface area contributed by atoms with Crippen LogP contribution < -0.4 is 10.8 Å². The number of hydroxylamine groups is 1. The van der Waals surface area contributed by atoms with Gasteiger partial charge in [-0.15, -0.1) is 0 Å². The zero-order chi connectivity index (χ0) is 21.7. The van der Waals surface area contributed by atoms with Gasteiger partial charge >= 0.3 is 0 Å². The average Bonchev–Trinajstić information content (AvgIpc) is 3.39. The molecule has 164 valence electrons. The van der Waals surface area contributed by atoms with Gasteiger partial charge in [-0.25, -0.2) is 9.87 Å². The molecule has 30 heavy (non-hydrogen) atoms. The molecule has 0 saturated carbocycles. The second-order valence-corrected chi connectivity index (χ2v) is 8.20. The van der Waals surface area contributed by atoms with Gasteiger partial charge in [0.1, 0.15) is 6.04 Å². The summed E-state index contributed by atoms with van der Waals surface area (Å²) in [5.74, 6) is -3.20. The molecule has 0 spiro atoms. The summed E-state index contributed by atoms with van der Waals surface area (Å²) in [5.41, 5.74) is 3.73. The van der Waals surface area contributed by atoms with E-state index in [4.69, 9.17) is 5.21 Å². The molecule has 1 saturated heterocycles. The molecule has 3 atom stereocenters. The summed E-state index contributed by atoms with van der Waals surface area (Å²) in [4.78, 5) is 39.0. The first-order valence-electron chi connectivity index (χ1n) is 10.7. The predicted molar refractivity (Wildman–Crippen MR) is 108 cm³/mol. The van der Waals surface area contributed by atoms with Gasteiger partial charge in [-0.3, -0.25) is 19.6 Å². The molecule has 1 aromatic carbocycles. The van der Waals surface area contributed by atoms with Crippen molar-refractivity contribution >= 4 is 17.7 Å². The van der Waals surface area contributed by atoms with Gasteiger partial charge in [0.05, 0.1) is 5.92 Å². The molecule has 0 aromatic heterocycles. The van der Waals surface area contributed by atoms with Crippen LogP contribution in [0.25, 0.3) is 0 Å². The van der Waals surface area contributed by atoms with Gasteiger partial charge in [0, 0.05) is 12.6 Å². The number of amides is 3. The predicted octanol–water partition coefficient (Wildman–Crippen LogP) is 1.91. The Bertz CT molecular complexity index is 762. The minimum absolute atomic E-state index is 0.0163. The number of benzene rings is 1. The van der Waals surface area contributed by atoms with Crippen LogP contribution in [0.1, 0.15) is 50.2 Å². The van der Waals surface area contributed by atoms with Crippen molar-refractivity contribution in [2.45, 2.75) is 70.1 Å². The molecule has 1 heterocycles. The fraction of sp³-hybridized carbons (Fsp3) is 0.591. The Labute approximate surface area is 176 Å². The molecule has 8 heteroatoms. The number of carbonyl (C=O) groups excluding carboxylic acids is 3. The molecule has 2 aliphatic rings. The number of nitrogens with one attached hydrogen (secondary N) is 2. The quantitative estimate of drug-likeness (QED) is 0.443. The van der Waals surface area contributed by atoms with Crippen molar-refractivity contribution in [1.29, 1.82) is 0 Å². The van der Waals surface area contributed by atoms with Crippen molar-refractivity contribution in [1.82, 2.24) is 15.7 Å². The summed E-state index contributed by atoms with van der Waals surface area (Å²) in [6.07, 6.45) is 2.02. The van der Waals surface area contributed by atoms with Crippen molar-refractivity contribution in [2.75, 3.05) is 6.54 Å². The summed E-state index contributed by atoms with van der Waals surface area (Å²) in [7, 11) is 0. The van der Waals surface area contributed by atoms with Crippen molar-refractivity contribution < 1.29 is 24.0 Å². The molecule has 3 amide bonds. The summed E-state index contributed by atoms with van der Waals surface area (Å²) in [5, 5.41) is 11.8. The van der Waals surface area contributed by atoms with Gasteiger partial charge in [-0.2, -0.15) is 0 Å². The first kappa shape index (κ1) is 22.2. The third-order valence-corrected chi connectivity index (χ3v) is 6.14. The van der Waals surface area contributed by atoms with Crippen LogP contribution in [0.2, 0.25) is 0 Å². The van der Waals surface area contributed by atoms with Gasteiger partial charge in [0.2, 0.25) is 11.8 Å². The number of likely N-dealkylation sites (tertiary alicyclic amines) is 1. The van der Waals surface area contributed by atoms with Gasteiger partial charge < -0.3 is 10.2 Å². The van der Waals surface area contributed by atoms with Crippen molar-refractivity contribution in [2.24, 2.45) is 5.92 Å². The highest BCUT2D eigenvalue weighted by atomic mass is 19.1. The number of unbranched alkanes of at least 4 members (excludes halogenated alkanes) is 1. The molecule has 1 aromatic rings. The van der Waals surface area contributed by atoms with Crippen LogP contribution in [0.4, 0.5) is 4.39 Å². The van der Waals surface area contributed by atoms with Gasteiger partial charge in [-0.05, 0) is 43.2 Å². The fourth-order valence-electron chi connectivity index (χ4n) is 4.54. The highest BCUT2D eigenvalue weighted by Crippen LogP contribution is 2.27. The maximum absolute atomic E-state index is 14.6. The third-order valence-electron chi connectivity index (χ3n) is 6.14. The lowest BCUT2D eigenvalue weighted by atomic mass is 9.94. The van der Waals surface area contributed by atoms with E-state index in [9.17, 15) is 18.8 Å². The van der Waals surface area contributed by atoms with Crippen molar-refractivity contribution in [3.8, 4) is 0 Å². The Balaban J connectivity index is 1.66. The average molecular weight is 419 g/mol. The van der Waals surface area contributed by atoms with Gasteiger partial charge in [0.25, 0.3) is 5.91 Å². The van der Waals surface area contributed by atoms with Crippen LogP contribution in [0, 0.1) is 5.92 Å². The first-order valence-corrected chi connectivity index (χ1v) is 10.7. The van der Waals surface area contributed by atoms with E-state index in [1.54, 1.807) is 0 Å². The van der Waals surface area contributed by atoms with Gasteiger partial charge in [-0.1, -0.05) is 44.0 Å². The highest BCUT2D eigenvalue weighted by Gasteiger charge is 2.42. The monoisotopic (exact) mass is 419 g/mol. The lowest BCUT2D eigenvalue weighted by Gasteiger charge is -2.30. The van der Waals surface area contributed by atoms with Crippen LogP contribution in [-0.2, 0) is 27.2 Å². The second-order valence-electron chi connectivity index (χ2n) is 8.20. The summed E-state index contributed by atoms with van der Waals surface area (Å²) in [6, 6.07) is 7.39. The minimum atomic E-state index is -2.15. The Hall–Kier alpha value is -2.48. The smallest absolute Gasteiger partial charge is 0.278 e. The molecule has 1 fully saturated rings. The number of fused-ring (bicyclic) bond motifs is 1. The van der Waals surface area contributed by atoms with Crippen molar-refractivity contribution in [3.63, 3.8) is 0 Å². The molecule has 3 N–H and O–H groups in total. The molecule has 0 bridgehead atoms. The van der Waals surface area contributed by atoms with Gasteiger partial charge in [0.15, 0.2) is 6.17 Å². The normalized spacial score (nSPS) is 20.5. The number of alkyl halides is 1. The molecule has 3 rings (SSSR count). The molecular weight excluding hydrogens is 389 g/mol. The first-order chi connectivity index (χ1) is 14.5. The largest absolute Gasteiger partial charge is 0.351 e. The fourth-order valence-corrected chi connectivity index (χ4v) is 4.54. The highest BCUT2D eigenvalue weighted by molar-refractivity contribution is 5.92. The standard InChI is InChI=1S/C22H30FN3O4/c1-2-3-9-17(19(23)21(28)25-30)22(29)26-11-6-10-18(26)20(27)24-16-12-14-7-4-5-8-15(14)13-16/h4-5,7-8,16-19,30H,2-3,6,9-13H2,1H3,(H,24,27)(H,25,28). The number of halogens is 1. The number of hydrogen-bond acceptors (Lipinski definition) is 4. The Morgan fingerprint density at radius 2 is 1.90 bits per heavy atom. The number of hydrogen-bond donors (Lipinski definition) is 3. The maximum atomic E-state index is 14.6.